The van der Waals surface area contributed by atoms with Gasteiger partial charge in [0.15, 0.2) is 0 Å². The number of rotatable bonds is 7. The average molecular weight is 401 g/mol. The van der Waals surface area contributed by atoms with E-state index in [1.807, 2.05) is 11.8 Å². The topological polar surface area (TPSA) is 55.9 Å². The monoisotopic (exact) mass is 400 g/mol. The van der Waals surface area contributed by atoms with Crippen molar-refractivity contribution in [1.82, 2.24) is 20.0 Å². The Kier molecular flexibility index (Phi) is 8.07. The van der Waals surface area contributed by atoms with E-state index < -0.39 is 0 Å². The van der Waals surface area contributed by atoms with Crippen molar-refractivity contribution in [3.8, 4) is 0 Å². The van der Waals surface area contributed by atoms with Crippen molar-refractivity contribution in [2.75, 3.05) is 52.4 Å². The van der Waals surface area contributed by atoms with Crippen LogP contribution in [0.25, 0.3) is 0 Å². The van der Waals surface area contributed by atoms with E-state index in [0.717, 1.165) is 64.1 Å². The average Bonchev–Trinajstić information content (AvgIpc) is 2.75. The molecule has 2 aliphatic rings. The van der Waals surface area contributed by atoms with Crippen LogP contribution in [-0.4, -0.2) is 78.9 Å². The van der Waals surface area contributed by atoms with Crippen LogP contribution in [-0.2, 0) is 16.0 Å². The fourth-order valence-electron chi connectivity index (χ4n) is 4.16. The van der Waals surface area contributed by atoms with E-state index in [1.165, 1.54) is 12.0 Å². The number of amides is 2. The summed E-state index contributed by atoms with van der Waals surface area (Å²) < 4.78 is 0. The molecule has 2 heterocycles. The predicted octanol–water partition coefficient (Wildman–Crippen LogP) is 2.06. The van der Waals surface area contributed by atoms with Crippen molar-refractivity contribution in [2.45, 2.75) is 45.6 Å². The third-order valence-electron chi connectivity index (χ3n) is 6.17. The molecule has 0 saturated carbocycles. The molecule has 0 bridgehead atoms. The molecule has 2 amide bonds. The van der Waals surface area contributed by atoms with Crippen LogP contribution in [0.4, 0.5) is 0 Å². The number of nitrogens with zero attached hydrogens (tertiary/aromatic N) is 3. The lowest BCUT2D eigenvalue weighted by atomic mass is 10.1. The molecule has 1 aromatic carbocycles. The van der Waals surface area contributed by atoms with E-state index in [-0.39, 0.29) is 17.9 Å². The van der Waals surface area contributed by atoms with Gasteiger partial charge in [0.25, 0.3) is 0 Å². The number of likely N-dealkylation sites (tertiary alicyclic amines) is 1. The van der Waals surface area contributed by atoms with E-state index in [2.05, 4.69) is 46.3 Å². The molecule has 0 radical (unpaired) electrons. The van der Waals surface area contributed by atoms with Crippen LogP contribution in [0, 0.1) is 0 Å². The maximum Gasteiger partial charge on any atom is 0.236 e. The van der Waals surface area contributed by atoms with Gasteiger partial charge in [-0.25, -0.2) is 0 Å². The number of benzene rings is 1. The normalized spacial score (nSPS) is 19.7. The third-order valence-corrected chi connectivity index (χ3v) is 6.17. The number of hydrogen-bond acceptors (Lipinski definition) is 4. The Balaban J connectivity index is 1.37. The molecule has 1 atom stereocenters. The molecule has 6 nitrogen and oxygen atoms in total. The van der Waals surface area contributed by atoms with E-state index in [4.69, 9.17) is 0 Å². The molecular formula is C23H36N4O2. The van der Waals surface area contributed by atoms with Crippen molar-refractivity contribution in [3.63, 3.8) is 0 Å². The Labute approximate surface area is 175 Å². The van der Waals surface area contributed by atoms with E-state index in [0.29, 0.717) is 13.1 Å². The summed E-state index contributed by atoms with van der Waals surface area (Å²) in [6, 6.07) is 8.46. The minimum absolute atomic E-state index is 0.0110. The number of nitrogens with one attached hydrogen (secondary N) is 1. The summed E-state index contributed by atoms with van der Waals surface area (Å²) in [6.45, 7) is 10.3. The number of aryl methyl sites for hydroxylation is 1. The minimum Gasteiger partial charge on any atom is -0.348 e. The highest BCUT2D eigenvalue weighted by atomic mass is 16.2. The van der Waals surface area contributed by atoms with Gasteiger partial charge in [-0.05, 0) is 43.7 Å². The van der Waals surface area contributed by atoms with Gasteiger partial charge in [-0.1, -0.05) is 31.2 Å². The molecule has 0 aliphatic carbocycles. The first-order chi connectivity index (χ1) is 14.0. The van der Waals surface area contributed by atoms with Gasteiger partial charge in [0.2, 0.25) is 11.8 Å². The van der Waals surface area contributed by atoms with Crippen molar-refractivity contribution >= 4 is 11.8 Å². The molecule has 29 heavy (non-hydrogen) atoms. The second-order valence-electron chi connectivity index (χ2n) is 8.38. The van der Waals surface area contributed by atoms with Gasteiger partial charge in [-0.3, -0.25) is 19.4 Å². The van der Waals surface area contributed by atoms with Gasteiger partial charge >= 0.3 is 0 Å². The Bertz CT molecular complexity index is 662. The molecule has 3 rings (SSSR count). The van der Waals surface area contributed by atoms with Crippen molar-refractivity contribution < 1.29 is 9.59 Å². The number of carbonyl (C=O) groups is 2. The summed E-state index contributed by atoms with van der Waals surface area (Å²) in [7, 11) is 0. The largest absolute Gasteiger partial charge is 0.348 e. The molecule has 2 saturated heterocycles. The summed E-state index contributed by atoms with van der Waals surface area (Å²) in [5.41, 5.74) is 2.44. The zero-order chi connectivity index (χ0) is 20.6. The van der Waals surface area contributed by atoms with Gasteiger partial charge in [0, 0.05) is 39.3 Å². The Morgan fingerprint density at radius 1 is 0.897 bits per heavy atom. The van der Waals surface area contributed by atoms with Gasteiger partial charge in [0.1, 0.15) is 0 Å². The molecule has 1 aromatic rings. The highest BCUT2D eigenvalue weighted by Gasteiger charge is 2.24. The maximum absolute atomic E-state index is 12.5. The van der Waals surface area contributed by atoms with Crippen LogP contribution in [0.1, 0.15) is 50.3 Å². The van der Waals surface area contributed by atoms with Gasteiger partial charge < -0.3 is 10.2 Å². The lowest BCUT2D eigenvalue weighted by Crippen LogP contribution is -2.52. The number of carbonyl (C=O) groups excluding carboxylic acids is 2. The second-order valence-corrected chi connectivity index (χ2v) is 8.38. The summed E-state index contributed by atoms with van der Waals surface area (Å²) in [6.07, 6.45) is 4.54. The molecule has 2 fully saturated rings. The van der Waals surface area contributed by atoms with Gasteiger partial charge in [-0.15, -0.1) is 0 Å². The summed E-state index contributed by atoms with van der Waals surface area (Å²) in [5.74, 6) is 0.328. The Morgan fingerprint density at radius 3 is 2.07 bits per heavy atom. The van der Waals surface area contributed by atoms with E-state index in [1.54, 1.807) is 0 Å². The second kappa shape index (κ2) is 10.7. The highest BCUT2D eigenvalue weighted by Crippen LogP contribution is 2.14. The number of piperazine rings is 1. The molecule has 160 valence electrons. The smallest absolute Gasteiger partial charge is 0.236 e. The Morgan fingerprint density at radius 2 is 1.48 bits per heavy atom. The molecule has 1 N–H and O–H groups in total. The van der Waals surface area contributed by atoms with Gasteiger partial charge in [-0.2, -0.15) is 0 Å². The van der Waals surface area contributed by atoms with Gasteiger partial charge in [0.05, 0.1) is 19.1 Å². The molecular weight excluding hydrogens is 364 g/mol. The van der Waals surface area contributed by atoms with E-state index in [9.17, 15) is 9.59 Å². The van der Waals surface area contributed by atoms with Crippen LogP contribution < -0.4 is 5.32 Å². The highest BCUT2D eigenvalue weighted by molar-refractivity contribution is 5.79. The molecule has 0 aromatic heterocycles. The quantitative estimate of drug-likeness (QED) is 0.761. The lowest BCUT2D eigenvalue weighted by molar-refractivity contribution is -0.134. The lowest BCUT2D eigenvalue weighted by Gasteiger charge is -2.35. The SMILES string of the molecule is CCc1ccc([C@@H](C)NC(=O)CN2CCN(CC(=O)N3CCCCC3)CC2)cc1. The minimum atomic E-state index is 0.0110. The molecule has 2 aliphatic heterocycles. The summed E-state index contributed by atoms with van der Waals surface area (Å²) in [5, 5.41) is 3.11. The van der Waals surface area contributed by atoms with Crippen LogP contribution in [0.3, 0.4) is 0 Å². The first-order valence-corrected chi connectivity index (χ1v) is 11.2. The van der Waals surface area contributed by atoms with Crippen LogP contribution in [0.2, 0.25) is 0 Å². The van der Waals surface area contributed by atoms with Crippen LogP contribution in [0.5, 0.6) is 0 Å². The number of hydrogen-bond donors (Lipinski definition) is 1. The van der Waals surface area contributed by atoms with E-state index >= 15 is 0 Å². The standard InChI is InChI=1S/C23H36N4O2/c1-3-20-7-9-21(10-8-20)19(2)24-22(28)17-25-13-15-26(16-14-25)18-23(29)27-11-5-4-6-12-27/h7-10,19H,3-6,11-18H2,1-2H3,(H,24,28)/t19-/m1/s1. The third kappa shape index (κ3) is 6.54. The predicted molar refractivity (Wildman–Crippen MR) is 116 cm³/mol. The van der Waals surface area contributed by atoms with Crippen molar-refractivity contribution in [2.24, 2.45) is 0 Å². The fraction of sp³-hybridized carbons (Fsp3) is 0.652. The molecule has 6 heteroatoms. The summed E-state index contributed by atoms with van der Waals surface area (Å²) >= 11 is 0. The Hall–Kier alpha value is -1.92. The first kappa shape index (κ1) is 21.8. The zero-order valence-electron chi connectivity index (χ0n) is 18.0. The van der Waals surface area contributed by atoms with Crippen molar-refractivity contribution in [1.29, 1.82) is 0 Å². The van der Waals surface area contributed by atoms with Crippen molar-refractivity contribution in [3.05, 3.63) is 35.4 Å². The number of piperidine rings is 1. The first-order valence-electron chi connectivity index (χ1n) is 11.2. The van der Waals surface area contributed by atoms with Crippen LogP contribution in [0.15, 0.2) is 24.3 Å². The molecule has 0 unspecified atom stereocenters. The fourth-order valence-corrected chi connectivity index (χ4v) is 4.16. The maximum atomic E-state index is 12.5. The molecule has 0 spiro atoms. The van der Waals surface area contributed by atoms with Crippen LogP contribution >= 0.6 is 0 Å². The summed E-state index contributed by atoms with van der Waals surface area (Å²) in [4.78, 5) is 31.3. The zero-order valence-corrected chi connectivity index (χ0v) is 18.0.